The zero-order chi connectivity index (χ0) is 20.1. The Bertz CT molecular complexity index is 792. The largest absolute Gasteiger partial charge is 0.383 e. The smallest absolute Gasteiger partial charge is 0.254 e. The summed E-state index contributed by atoms with van der Waals surface area (Å²) in [6.45, 7) is 6.30. The molecule has 0 bridgehead atoms. The monoisotopic (exact) mass is 399 g/mol. The van der Waals surface area contributed by atoms with Crippen LogP contribution in [-0.2, 0) is 9.47 Å². The number of likely N-dealkylation sites (tertiary alicyclic amines) is 1. The van der Waals surface area contributed by atoms with Gasteiger partial charge in [0, 0.05) is 50.6 Å². The Kier molecular flexibility index (Phi) is 6.85. The molecule has 2 saturated heterocycles. The first-order valence-electron chi connectivity index (χ1n) is 10.9. The Labute approximate surface area is 173 Å². The van der Waals surface area contributed by atoms with Crippen LogP contribution in [0.1, 0.15) is 36.0 Å². The number of aromatic nitrogens is 1. The van der Waals surface area contributed by atoms with Gasteiger partial charge >= 0.3 is 0 Å². The molecule has 1 aromatic heterocycles. The van der Waals surface area contributed by atoms with E-state index in [1.54, 1.807) is 7.11 Å². The van der Waals surface area contributed by atoms with E-state index < -0.39 is 0 Å². The van der Waals surface area contributed by atoms with Crippen molar-refractivity contribution in [3.63, 3.8) is 0 Å². The first kappa shape index (κ1) is 20.4. The lowest BCUT2D eigenvalue weighted by atomic mass is 9.95. The molecule has 2 aromatic rings. The van der Waals surface area contributed by atoms with Crippen LogP contribution in [0.4, 0.5) is 0 Å². The van der Waals surface area contributed by atoms with Crippen LogP contribution in [0.5, 0.6) is 0 Å². The van der Waals surface area contributed by atoms with Crippen molar-refractivity contribution < 1.29 is 14.3 Å². The summed E-state index contributed by atoms with van der Waals surface area (Å²) >= 11 is 0. The van der Waals surface area contributed by atoms with Crippen molar-refractivity contribution in [3.8, 4) is 0 Å². The quantitative estimate of drug-likeness (QED) is 0.741. The van der Waals surface area contributed by atoms with Gasteiger partial charge < -0.3 is 24.3 Å². The molecule has 1 atom stereocenters. The predicted octanol–water partition coefficient (Wildman–Crippen LogP) is 3.15. The zero-order valence-corrected chi connectivity index (χ0v) is 17.4. The second-order valence-electron chi connectivity index (χ2n) is 8.40. The maximum atomic E-state index is 13.4. The molecule has 2 aliphatic rings. The average molecular weight is 400 g/mol. The van der Waals surface area contributed by atoms with Gasteiger partial charge in [0.1, 0.15) is 0 Å². The molecule has 29 heavy (non-hydrogen) atoms. The summed E-state index contributed by atoms with van der Waals surface area (Å²) in [5.74, 6) is 0.673. The molecule has 6 heteroatoms. The van der Waals surface area contributed by atoms with Crippen LogP contribution >= 0.6 is 0 Å². The fourth-order valence-electron chi connectivity index (χ4n) is 4.56. The van der Waals surface area contributed by atoms with Gasteiger partial charge in [0.25, 0.3) is 5.91 Å². The third-order valence-corrected chi connectivity index (χ3v) is 6.33. The fraction of sp³-hybridized carbons (Fsp3) is 0.609. The maximum Gasteiger partial charge on any atom is 0.254 e. The molecule has 4 rings (SSSR count). The van der Waals surface area contributed by atoms with E-state index in [9.17, 15) is 4.79 Å². The van der Waals surface area contributed by atoms with E-state index in [2.05, 4.69) is 14.8 Å². The third kappa shape index (κ3) is 5.18. The van der Waals surface area contributed by atoms with Crippen LogP contribution in [0.25, 0.3) is 10.9 Å². The van der Waals surface area contributed by atoms with Crippen LogP contribution in [0.3, 0.4) is 0 Å². The molecule has 0 aliphatic carbocycles. The molecule has 1 N–H and O–H groups in total. The number of fused-ring (bicyclic) bond motifs is 1. The molecule has 2 aliphatic heterocycles. The van der Waals surface area contributed by atoms with Gasteiger partial charge in [-0.05, 0) is 68.3 Å². The minimum atomic E-state index is 0.124. The van der Waals surface area contributed by atoms with E-state index in [-0.39, 0.29) is 12.0 Å². The van der Waals surface area contributed by atoms with Crippen molar-refractivity contribution >= 4 is 16.8 Å². The van der Waals surface area contributed by atoms with E-state index in [0.717, 1.165) is 81.5 Å². The first-order chi connectivity index (χ1) is 14.2. The molecular formula is C23H33N3O3. The minimum absolute atomic E-state index is 0.124. The molecular weight excluding hydrogens is 366 g/mol. The normalized spacial score (nSPS) is 21.1. The molecule has 158 valence electrons. The molecule has 1 amide bonds. The van der Waals surface area contributed by atoms with Crippen molar-refractivity contribution in [3.05, 3.63) is 36.0 Å². The van der Waals surface area contributed by atoms with E-state index in [1.165, 1.54) is 0 Å². The number of carbonyl (C=O) groups is 1. The van der Waals surface area contributed by atoms with Crippen molar-refractivity contribution in [2.75, 3.05) is 53.0 Å². The molecule has 0 radical (unpaired) electrons. The number of H-pyrrole nitrogens is 1. The zero-order valence-electron chi connectivity index (χ0n) is 17.4. The summed E-state index contributed by atoms with van der Waals surface area (Å²) in [4.78, 5) is 21.1. The molecule has 6 nitrogen and oxygen atoms in total. The van der Waals surface area contributed by atoms with Crippen molar-refractivity contribution in [1.29, 1.82) is 0 Å². The highest BCUT2D eigenvalue weighted by Crippen LogP contribution is 2.23. The molecule has 0 saturated carbocycles. The predicted molar refractivity (Wildman–Crippen MR) is 114 cm³/mol. The van der Waals surface area contributed by atoms with Crippen molar-refractivity contribution in [2.45, 2.75) is 31.8 Å². The fourth-order valence-corrected chi connectivity index (χ4v) is 4.56. The highest BCUT2D eigenvalue weighted by atomic mass is 16.5. The number of piperidine rings is 1. The van der Waals surface area contributed by atoms with Gasteiger partial charge in [0.15, 0.2) is 0 Å². The van der Waals surface area contributed by atoms with Gasteiger partial charge in [-0.25, -0.2) is 0 Å². The third-order valence-electron chi connectivity index (χ3n) is 6.33. The second kappa shape index (κ2) is 9.74. The van der Waals surface area contributed by atoms with Crippen LogP contribution in [0, 0.1) is 5.92 Å². The molecule has 3 heterocycles. The van der Waals surface area contributed by atoms with Crippen LogP contribution < -0.4 is 0 Å². The summed E-state index contributed by atoms with van der Waals surface area (Å²) in [6.07, 6.45) is 6.51. The number of carbonyl (C=O) groups excluding carboxylic acids is 1. The lowest BCUT2D eigenvalue weighted by Crippen LogP contribution is -2.44. The minimum Gasteiger partial charge on any atom is -0.383 e. The number of nitrogens with one attached hydrogen (secondary N) is 1. The highest BCUT2D eigenvalue weighted by Gasteiger charge is 2.28. The molecule has 0 unspecified atom stereocenters. The number of amides is 1. The van der Waals surface area contributed by atoms with E-state index >= 15 is 0 Å². The Hall–Kier alpha value is -1.89. The number of rotatable bonds is 8. The first-order valence-corrected chi connectivity index (χ1v) is 10.9. The van der Waals surface area contributed by atoms with Crippen LogP contribution in [0.2, 0.25) is 0 Å². The number of methoxy groups -OCH3 is 1. The van der Waals surface area contributed by atoms with Gasteiger partial charge in [-0.15, -0.1) is 0 Å². The Morgan fingerprint density at radius 3 is 2.86 bits per heavy atom. The Balaban J connectivity index is 1.42. The van der Waals surface area contributed by atoms with E-state index in [0.29, 0.717) is 12.5 Å². The summed E-state index contributed by atoms with van der Waals surface area (Å²) in [7, 11) is 1.76. The van der Waals surface area contributed by atoms with E-state index in [4.69, 9.17) is 9.47 Å². The highest BCUT2D eigenvalue weighted by molar-refractivity contribution is 5.98. The number of ether oxygens (including phenoxy) is 2. The summed E-state index contributed by atoms with van der Waals surface area (Å²) in [5, 5.41) is 1.13. The average Bonchev–Trinajstić information content (AvgIpc) is 3.43. The Morgan fingerprint density at radius 1 is 1.24 bits per heavy atom. The van der Waals surface area contributed by atoms with Crippen LogP contribution in [0.15, 0.2) is 30.5 Å². The number of benzene rings is 1. The standard InChI is InChI=1S/C23H33N3O3/c1-28-14-12-25-10-7-18(8-11-25)16-26(17-21-3-2-13-29-21)23(27)20-5-4-19-6-9-24-22(19)15-20/h4-6,9,15,18,21,24H,2-3,7-8,10-14,16-17H2,1H3/t21-/m0/s1. The Morgan fingerprint density at radius 2 is 2.10 bits per heavy atom. The number of hydrogen-bond donors (Lipinski definition) is 1. The summed E-state index contributed by atoms with van der Waals surface area (Å²) in [5.41, 5.74) is 1.77. The van der Waals surface area contributed by atoms with Gasteiger partial charge in [0.2, 0.25) is 0 Å². The lowest BCUT2D eigenvalue weighted by molar-refractivity contribution is 0.0437. The summed E-state index contributed by atoms with van der Waals surface area (Å²) in [6, 6.07) is 7.99. The molecule has 2 fully saturated rings. The number of aromatic amines is 1. The number of nitrogens with zero attached hydrogens (tertiary/aromatic N) is 2. The van der Waals surface area contributed by atoms with Crippen molar-refractivity contribution in [2.24, 2.45) is 5.92 Å². The topological polar surface area (TPSA) is 57.8 Å². The van der Waals surface area contributed by atoms with Gasteiger partial charge in [-0.3, -0.25) is 4.79 Å². The maximum absolute atomic E-state index is 13.4. The lowest BCUT2D eigenvalue weighted by Gasteiger charge is -2.35. The van der Waals surface area contributed by atoms with Crippen molar-refractivity contribution in [1.82, 2.24) is 14.8 Å². The number of hydrogen-bond acceptors (Lipinski definition) is 4. The molecule has 1 aromatic carbocycles. The summed E-state index contributed by atoms with van der Waals surface area (Å²) < 4.78 is 11.1. The van der Waals surface area contributed by atoms with Crippen LogP contribution in [-0.4, -0.2) is 79.8 Å². The van der Waals surface area contributed by atoms with E-state index in [1.807, 2.05) is 30.5 Å². The second-order valence-corrected chi connectivity index (χ2v) is 8.40. The van der Waals surface area contributed by atoms with Gasteiger partial charge in [-0.1, -0.05) is 6.07 Å². The van der Waals surface area contributed by atoms with Gasteiger partial charge in [0.05, 0.1) is 12.7 Å². The SMILES string of the molecule is COCCN1CCC(CN(C[C@@H]2CCCO2)C(=O)c2ccc3cc[nH]c3c2)CC1. The van der Waals surface area contributed by atoms with Gasteiger partial charge in [-0.2, -0.15) is 0 Å². The molecule has 0 spiro atoms.